The highest BCUT2D eigenvalue weighted by Crippen LogP contribution is 2.15. The van der Waals surface area contributed by atoms with Crippen LogP contribution in [-0.4, -0.2) is 60.8 Å². The van der Waals surface area contributed by atoms with Gasteiger partial charge in [-0.25, -0.2) is 0 Å². The van der Waals surface area contributed by atoms with Gasteiger partial charge >= 0.3 is 0 Å². The van der Waals surface area contributed by atoms with Gasteiger partial charge in [0.05, 0.1) is 12.8 Å². The summed E-state index contributed by atoms with van der Waals surface area (Å²) in [6.45, 7) is 2.53. The Balaban J connectivity index is 3.04. The molecule has 168 valence electrons. The summed E-state index contributed by atoms with van der Waals surface area (Å²) < 4.78 is 0. The number of hydrogen-bond donors (Lipinski definition) is 5. The van der Waals surface area contributed by atoms with E-state index >= 15 is 0 Å². The molecule has 0 spiro atoms. The molecule has 0 bridgehead atoms. The van der Waals surface area contributed by atoms with Gasteiger partial charge in [-0.05, 0) is 18.9 Å². The van der Waals surface area contributed by atoms with E-state index < -0.39 is 41.0 Å². The lowest BCUT2D eigenvalue weighted by Gasteiger charge is -2.31. The van der Waals surface area contributed by atoms with Crippen LogP contribution in [0.4, 0.5) is 0 Å². The molecule has 0 unspecified atom stereocenters. The monoisotopic (exact) mass is 431 g/mol. The van der Waals surface area contributed by atoms with Crippen LogP contribution in [0.5, 0.6) is 0 Å². The molecule has 0 aliphatic carbocycles. The average molecular weight is 431 g/mol. The smallest absolute Gasteiger partial charge is 0.246 e. The van der Waals surface area contributed by atoms with Crippen LogP contribution in [-0.2, 0) is 30.4 Å². The van der Waals surface area contributed by atoms with Crippen molar-refractivity contribution < 1.29 is 24.0 Å². The summed E-state index contributed by atoms with van der Waals surface area (Å²) >= 11 is 0. The second kappa shape index (κ2) is 12.2. The minimum Gasteiger partial charge on any atom is -0.358 e. The molecule has 1 rings (SSSR count). The Kier molecular flexibility index (Phi) is 10.0. The van der Waals surface area contributed by atoms with E-state index in [9.17, 15) is 24.0 Å². The largest absolute Gasteiger partial charge is 0.358 e. The number of carbonyl (C=O) groups is 5. The van der Waals surface area contributed by atoms with Crippen LogP contribution >= 0.6 is 0 Å². The van der Waals surface area contributed by atoms with E-state index in [1.165, 1.54) is 14.0 Å². The Morgan fingerprint density at radius 1 is 1.13 bits per heavy atom. The Hall–Kier alpha value is -3.56. The van der Waals surface area contributed by atoms with Gasteiger partial charge in [-0.1, -0.05) is 30.3 Å². The Morgan fingerprint density at radius 3 is 2.32 bits per heavy atom. The first-order chi connectivity index (χ1) is 14.6. The maximum absolute atomic E-state index is 13.1. The second-order valence-corrected chi connectivity index (χ2v) is 7.24. The maximum Gasteiger partial charge on any atom is 0.246 e. The second-order valence-electron chi connectivity index (χ2n) is 7.24. The number of nitrogens with one attached hydrogen (secondary N) is 5. The Labute approximate surface area is 181 Å². The molecule has 1 aromatic carbocycles. The van der Waals surface area contributed by atoms with Crippen LogP contribution in [0.25, 0.3) is 0 Å². The van der Waals surface area contributed by atoms with Gasteiger partial charge < -0.3 is 26.7 Å². The number of Topliss-reactive ketones (excluding diaryl/α,β-unsaturated/α-hetero) is 1. The molecule has 2 atom stereocenters. The first kappa shape index (κ1) is 25.5. The normalized spacial score (nSPS) is 13.1. The molecule has 10 heteroatoms. The number of hydrogen-bond acceptors (Lipinski definition) is 6. The van der Waals surface area contributed by atoms with E-state index in [2.05, 4.69) is 21.3 Å². The van der Waals surface area contributed by atoms with E-state index in [4.69, 9.17) is 5.41 Å². The predicted octanol–water partition coefficient (Wildman–Crippen LogP) is -0.530. The quantitative estimate of drug-likeness (QED) is 0.281. The summed E-state index contributed by atoms with van der Waals surface area (Å²) in [4.78, 5) is 60.3. The van der Waals surface area contributed by atoms with Gasteiger partial charge in [0, 0.05) is 26.8 Å². The zero-order valence-electron chi connectivity index (χ0n) is 17.9. The van der Waals surface area contributed by atoms with Crippen molar-refractivity contribution >= 4 is 35.6 Å². The number of ketones is 1. The lowest BCUT2D eigenvalue weighted by atomic mass is 9.91. The van der Waals surface area contributed by atoms with E-state index in [1.54, 1.807) is 19.1 Å². The van der Waals surface area contributed by atoms with Crippen molar-refractivity contribution in [2.24, 2.45) is 0 Å². The molecule has 0 fully saturated rings. The van der Waals surface area contributed by atoms with E-state index in [-0.39, 0.29) is 25.8 Å². The standard InChI is InChI=1S/C21H29N5O5/c1-14(27)26-21(2,11-15-7-5-4-6-8-15)20(31)25-17(10-9-16(28)12-22)19(30)24-13-18(29)23-3/h4-8,12,17,22H,9-11,13H2,1-3H3,(H,23,29)(H,24,30)(H,25,31)(H,26,27)/t17-,21+/m0/s1. The molecule has 31 heavy (non-hydrogen) atoms. The number of likely N-dealkylation sites (N-methyl/N-ethyl adjacent to an activating group) is 1. The van der Waals surface area contributed by atoms with Crippen LogP contribution in [0.2, 0.25) is 0 Å². The molecule has 0 aliphatic heterocycles. The fraction of sp³-hybridized carbons (Fsp3) is 0.429. The Morgan fingerprint density at radius 2 is 1.77 bits per heavy atom. The van der Waals surface area contributed by atoms with E-state index in [0.717, 1.165) is 5.56 Å². The molecule has 1 aromatic rings. The topological polar surface area (TPSA) is 157 Å². The molecule has 0 aliphatic rings. The van der Waals surface area contributed by atoms with Crippen molar-refractivity contribution in [1.82, 2.24) is 21.3 Å². The highest BCUT2D eigenvalue weighted by Gasteiger charge is 2.36. The van der Waals surface area contributed by atoms with E-state index in [0.29, 0.717) is 6.21 Å². The zero-order chi connectivity index (χ0) is 23.4. The van der Waals surface area contributed by atoms with Gasteiger partial charge in [-0.15, -0.1) is 0 Å². The first-order valence-corrected chi connectivity index (χ1v) is 9.76. The lowest BCUT2D eigenvalue weighted by molar-refractivity contribution is -0.135. The summed E-state index contributed by atoms with van der Waals surface area (Å²) in [6, 6.07) is 7.92. The molecule has 10 nitrogen and oxygen atoms in total. The van der Waals surface area contributed by atoms with E-state index in [1.807, 2.05) is 18.2 Å². The molecular formula is C21H29N5O5. The predicted molar refractivity (Wildman–Crippen MR) is 114 cm³/mol. The SMILES string of the molecule is CNC(=O)CNC(=O)[C@H](CCC(=O)C=N)NC(=O)[C@@](C)(Cc1ccccc1)NC(C)=O. The molecule has 0 saturated heterocycles. The van der Waals surface area contributed by atoms with Gasteiger partial charge in [0.15, 0.2) is 5.78 Å². The van der Waals surface area contributed by atoms with Crippen molar-refractivity contribution in [2.45, 2.75) is 44.7 Å². The van der Waals surface area contributed by atoms with Gasteiger partial charge in [0.1, 0.15) is 11.6 Å². The van der Waals surface area contributed by atoms with Crippen molar-refractivity contribution in [3.63, 3.8) is 0 Å². The van der Waals surface area contributed by atoms with Crippen molar-refractivity contribution in [1.29, 1.82) is 5.41 Å². The van der Waals surface area contributed by atoms with Crippen LogP contribution in [0.3, 0.4) is 0 Å². The molecule has 5 N–H and O–H groups in total. The van der Waals surface area contributed by atoms with Gasteiger partial charge in [-0.2, -0.15) is 0 Å². The highest BCUT2D eigenvalue weighted by molar-refractivity contribution is 6.26. The summed E-state index contributed by atoms with van der Waals surface area (Å²) in [6.07, 6.45) is 0.599. The third-order valence-electron chi connectivity index (χ3n) is 4.52. The lowest BCUT2D eigenvalue weighted by Crippen LogP contribution is -2.61. The summed E-state index contributed by atoms with van der Waals surface area (Å²) in [5, 5.41) is 17.0. The molecule has 0 radical (unpaired) electrons. The third-order valence-corrected chi connectivity index (χ3v) is 4.52. The van der Waals surface area contributed by atoms with Crippen molar-refractivity contribution in [3.05, 3.63) is 35.9 Å². The number of benzene rings is 1. The molecule has 0 aromatic heterocycles. The molecule has 0 heterocycles. The van der Waals surface area contributed by atoms with Crippen LogP contribution in [0.1, 0.15) is 32.3 Å². The van der Waals surface area contributed by atoms with Crippen LogP contribution in [0.15, 0.2) is 30.3 Å². The number of carbonyl (C=O) groups excluding carboxylic acids is 5. The Bertz CT molecular complexity index is 827. The van der Waals surface area contributed by atoms with Gasteiger partial charge in [-0.3, -0.25) is 24.0 Å². The minimum absolute atomic E-state index is 0.0684. The van der Waals surface area contributed by atoms with Crippen molar-refractivity contribution in [3.8, 4) is 0 Å². The first-order valence-electron chi connectivity index (χ1n) is 9.76. The molecular weight excluding hydrogens is 402 g/mol. The number of rotatable bonds is 12. The minimum atomic E-state index is -1.36. The van der Waals surface area contributed by atoms with Crippen LogP contribution < -0.4 is 21.3 Å². The fourth-order valence-electron chi connectivity index (χ4n) is 2.90. The third kappa shape index (κ3) is 8.77. The summed E-state index contributed by atoms with van der Waals surface area (Å²) in [5.74, 6) is -2.63. The van der Waals surface area contributed by atoms with Crippen LogP contribution in [0, 0.1) is 5.41 Å². The molecule has 0 saturated carbocycles. The van der Waals surface area contributed by atoms with Gasteiger partial charge in [0.25, 0.3) is 0 Å². The summed E-state index contributed by atoms with van der Waals surface area (Å²) in [5.41, 5.74) is -0.563. The maximum atomic E-state index is 13.1. The average Bonchev–Trinajstić information content (AvgIpc) is 2.74. The highest BCUT2D eigenvalue weighted by atomic mass is 16.2. The number of amides is 4. The molecule has 4 amide bonds. The zero-order valence-corrected chi connectivity index (χ0v) is 17.9. The van der Waals surface area contributed by atoms with Gasteiger partial charge in [0.2, 0.25) is 23.6 Å². The fourth-order valence-corrected chi connectivity index (χ4v) is 2.90. The summed E-state index contributed by atoms with van der Waals surface area (Å²) in [7, 11) is 1.42. The van der Waals surface area contributed by atoms with Crippen molar-refractivity contribution in [2.75, 3.05) is 13.6 Å².